The number of piperidine rings is 1. The number of hydrogen-bond acceptors (Lipinski definition) is 3. The van der Waals surface area contributed by atoms with Gasteiger partial charge in [0, 0.05) is 17.1 Å². The number of benzene rings is 2. The molecule has 3 nitrogen and oxygen atoms in total. The summed E-state index contributed by atoms with van der Waals surface area (Å²) in [4.78, 5) is 14.6. The fraction of sp³-hybridized carbons (Fsp3) is 0.381. The molecule has 2 aromatic carbocycles. The molecule has 0 atom stereocenters. The van der Waals surface area contributed by atoms with Crippen LogP contribution in [0.25, 0.3) is 11.1 Å². The first-order valence-electron chi connectivity index (χ1n) is 8.96. The summed E-state index contributed by atoms with van der Waals surface area (Å²) in [6.07, 6.45) is 3.75. The maximum Gasteiger partial charge on any atom is 0.338 e. The molecule has 0 aromatic heterocycles. The van der Waals surface area contributed by atoms with Crippen molar-refractivity contribution in [2.45, 2.75) is 32.7 Å². The Morgan fingerprint density at radius 2 is 1.84 bits per heavy atom. The van der Waals surface area contributed by atoms with Gasteiger partial charge in [0.05, 0.1) is 12.2 Å². The third-order valence-electron chi connectivity index (χ3n) is 4.59. The van der Waals surface area contributed by atoms with E-state index in [1.807, 2.05) is 31.2 Å². The summed E-state index contributed by atoms with van der Waals surface area (Å²) in [6, 6.07) is 13.8. The maximum absolute atomic E-state index is 12.2. The molecule has 0 spiro atoms. The average Bonchev–Trinajstić information content (AvgIpc) is 2.63. The molecule has 0 unspecified atom stereocenters. The number of carbonyl (C=O) groups excluding carboxylic acids is 1. The average molecular weight is 358 g/mol. The van der Waals surface area contributed by atoms with Crippen LogP contribution in [0.4, 0.5) is 0 Å². The topological polar surface area (TPSA) is 29.5 Å². The molecule has 2 aromatic rings. The Morgan fingerprint density at radius 3 is 2.52 bits per heavy atom. The Kier molecular flexibility index (Phi) is 6.11. The second-order valence-corrected chi connectivity index (χ2v) is 6.82. The van der Waals surface area contributed by atoms with Gasteiger partial charge in [-0.25, -0.2) is 4.79 Å². The van der Waals surface area contributed by atoms with E-state index < -0.39 is 0 Å². The van der Waals surface area contributed by atoms with E-state index in [4.69, 9.17) is 16.3 Å². The van der Waals surface area contributed by atoms with E-state index in [1.54, 1.807) is 6.07 Å². The predicted octanol–water partition coefficient (Wildman–Crippen LogP) is 5.17. The third-order valence-corrected chi connectivity index (χ3v) is 4.89. The van der Waals surface area contributed by atoms with E-state index in [0.717, 1.165) is 36.3 Å². The van der Waals surface area contributed by atoms with Crippen molar-refractivity contribution in [1.29, 1.82) is 0 Å². The summed E-state index contributed by atoms with van der Waals surface area (Å²) in [6.45, 7) is 5.16. The summed E-state index contributed by atoms with van der Waals surface area (Å²) in [5.41, 5.74) is 3.71. The lowest BCUT2D eigenvalue weighted by atomic mass is 9.96. The Morgan fingerprint density at radius 1 is 1.12 bits per heavy atom. The highest BCUT2D eigenvalue weighted by Crippen LogP contribution is 2.34. The molecule has 0 aliphatic carbocycles. The molecule has 25 heavy (non-hydrogen) atoms. The smallest absolute Gasteiger partial charge is 0.338 e. The lowest BCUT2D eigenvalue weighted by Crippen LogP contribution is -2.29. The molecule has 4 heteroatoms. The van der Waals surface area contributed by atoms with Gasteiger partial charge in [-0.3, -0.25) is 4.90 Å². The van der Waals surface area contributed by atoms with Gasteiger partial charge in [-0.1, -0.05) is 48.4 Å². The molecule has 1 fully saturated rings. The van der Waals surface area contributed by atoms with E-state index in [2.05, 4.69) is 17.0 Å². The van der Waals surface area contributed by atoms with Crippen LogP contribution in [0.2, 0.25) is 5.02 Å². The molecule has 0 N–H and O–H groups in total. The van der Waals surface area contributed by atoms with Crippen LogP contribution in [0.15, 0.2) is 42.5 Å². The zero-order chi connectivity index (χ0) is 17.6. The lowest BCUT2D eigenvalue weighted by molar-refractivity contribution is 0.0526. The van der Waals surface area contributed by atoms with Gasteiger partial charge in [-0.15, -0.1) is 0 Å². The standard InChI is InChI=1S/C21H24ClNO2/c1-2-25-21(24)17-13-18(15-23-11-7-4-8-12-23)20(19(22)14-17)16-9-5-3-6-10-16/h3,5-6,9-10,13-14H,2,4,7-8,11-12,15H2,1H3. The van der Waals surface area contributed by atoms with Gasteiger partial charge >= 0.3 is 5.97 Å². The highest BCUT2D eigenvalue weighted by Gasteiger charge is 2.19. The Balaban J connectivity index is 2.01. The molecule has 1 heterocycles. The van der Waals surface area contributed by atoms with Crippen molar-refractivity contribution in [1.82, 2.24) is 4.90 Å². The fourth-order valence-electron chi connectivity index (χ4n) is 3.41. The molecule has 0 radical (unpaired) electrons. The number of rotatable bonds is 5. The highest BCUT2D eigenvalue weighted by atomic mass is 35.5. The van der Waals surface area contributed by atoms with Crippen molar-refractivity contribution in [3.05, 3.63) is 58.6 Å². The van der Waals surface area contributed by atoms with Crippen LogP contribution in [0, 0.1) is 0 Å². The second kappa shape index (κ2) is 8.50. The predicted molar refractivity (Wildman–Crippen MR) is 102 cm³/mol. The van der Waals surface area contributed by atoms with Gasteiger partial charge in [0.2, 0.25) is 0 Å². The number of ether oxygens (including phenoxy) is 1. The van der Waals surface area contributed by atoms with Crippen molar-refractivity contribution < 1.29 is 9.53 Å². The van der Waals surface area contributed by atoms with Gasteiger partial charge in [0.15, 0.2) is 0 Å². The fourth-order valence-corrected chi connectivity index (χ4v) is 3.76. The summed E-state index contributed by atoms with van der Waals surface area (Å²) in [5.74, 6) is -0.316. The molecular formula is C21H24ClNO2. The first-order chi connectivity index (χ1) is 12.2. The molecule has 1 aliphatic heterocycles. The van der Waals surface area contributed by atoms with E-state index in [1.165, 1.54) is 19.3 Å². The number of hydrogen-bond donors (Lipinski definition) is 0. The minimum absolute atomic E-state index is 0.316. The van der Waals surface area contributed by atoms with Crippen molar-refractivity contribution in [3.8, 4) is 11.1 Å². The summed E-state index contributed by atoms with van der Waals surface area (Å²) < 4.78 is 5.16. The van der Waals surface area contributed by atoms with Crippen LogP contribution in [0.3, 0.4) is 0 Å². The normalized spacial score (nSPS) is 15.1. The van der Waals surface area contributed by atoms with Gasteiger partial charge in [-0.2, -0.15) is 0 Å². The molecule has 3 rings (SSSR count). The Hall–Kier alpha value is -1.84. The van der Waals surface area contributed by atoms with Crippen LogP contribution in [0.1, 0.15) is 42.1 Å². The zero-order valence-electron chi connectivity index (χ0n) is 14.6. The lowest BCUT2D eigenvalue weighted by Gasteiger charge is -2.28. The van der Waals surface area contributed by atoms with Crippen LogP contribution in [-0.4, -0.2) is 30.6 Å². The maximum atomic E-state index is 12.2. The number of halogens is 1. The van der Waals surface area contributed by atoms with Crippen LogP contribution in [-0.2, 0) is 11.3 Å². The Labute approximate surface area is 154 Å². The molecule has 132 valence electrons. The van der Waals surface area contributed by atoms with Crippen molar-refractivity contribution >= 4 is 17.6 Å². The number of carbonyl (C=O) groups is 1. The summed E-state index contributed by atoms with van der Waals surface area (Å²) >= 11 is 6.60. The highest BCUT2D eigenvalue weighted by molar-refractivity contribution is 6.34. The number of esters is 1. The van der Waals surface area contributed by atoms with Crippen molar-refractivity contribution in [3.63, 3.8) is 0 Å². The van der Waals surface area contributed by atoms with E-state index in [-0.39, 0.29) is 5.97 Å². The third kappa shape index (κ3) is 4.42. The van der Waals surface area contributed by atoms with E-state index >= 15 is 0 Å². The van der Waals surface area contributed by atoms with Crippen molar-refractivity contribution in [2.75, 3.05) is 19.7 Å². The van der Waals surface area contributed by atoms with Crippen molar-refractivity contribution in [2.24, 2.45) is 0 Å². The molecule has 0 bridgehead atoms. The Bertz CT molecular complexity index is 724. The van der Waals surface area contributed by atoms with Gasteiger partial charge in [0.25, 0.3) is 0 Å². The van der Waals surface area contributed by atoms with Gasteiger partial charge in [0.1, 0.15) is 0 Å². The second-order valence-electron chi connectivity index (χ2n) is 6.42. The zero-order valence-corrected chi connectivity index (χ0v) is 15.4. The van der Waals surface area contributed by atoms with E-state index in [0.29, 0.717) is 17.2 Å². The molecule has 1 aliphatic rings. The monoisotopic (exact) mass is 357 g/mol. The quantitative estimate of drug-likeness (QED) is 0.691. The summed E-state index contributed by atoms with van der Waals surface area (Å²) in [7, 11) is 0. The van der Waals surface area contributed by atoms with Crippen LogP contribution < -0.4 is 0 Å². The first-order valence-corrected chi connectivity index (χ1v) is 9.34. The molecule has 0 amide bonds. The van der Waals surface area contributed by atoms with Gasteiger partial charge < -0.3 is 4.74 Å². The number of nitrogens with zero attached hydrogens (tertiary/aromatic N) is 1. The number of likely N-dealkylation sites (tertiary alicyclic amines) is 1. The van der Waals surface area contributed by atoms with Crippen LogP contribution in [0.5, 0.6) is 0 Å². The van der Waals surface area contributed by atoms with E-state index in [9.17, 15) is 4.79 Å². The minimum atomic E-state index is -0.316. The van der Waals surface area contributed by atoms with Gasteiger partial charge in [-0.05, 0) is 56.1 Å². The molecular weight excluding hydrogens is 334 g/mol. The summed E-state index contributed by atoms with van der Waals surface area (Å²) in [5, 5.41) is 0.601. The first kappa shape index (κ1) is 18.0. The molecule has 0 saturated carbocycles. The minimum Gasteiger partial charge on any atom is -0.462 e. The molecule has 1 saturated heterocycles. The van der Waals surface area contributed by atoms with Crippen LogP contribution >= 0.6 is 11.6 Å². The largest absolute Gasteiger partial charge is 0.462 e. The SMILES string of the molecule is CCOC(=O)c1cc(Cl)c(-c2ccccc2)c(CN2CCCCC2)c1.